The van der Waals surface area contributed by atoms with Crippen molar-refractivity contribution in [2.45, 2.75) is 27.0 Å². The van der Waals surface area contributed by atoms with Crippen LogP contribution in [0.15, 0.2) is 48.5 Å². The van der Waals surface area contributed by atoms with E-state index in [9.17, 15) is 0 Å². The van der Waals surface area contributed by atoms with Gasteiger partial charge in [0.1, 0.15) is 5.75 Å². The van der Waals surface area contributed by atoms with Crippen LogP contribution < -0.4 is 9.64 Å². The van der Waals surface area contributed by atoms with Crippen LogP contribution in [0.3, 0.4) is 0 Å². The second-order valence-corrected chi connectivity index (χ2v) is 5.23. The number of aryl methyl sites for hydroxylation is 1. The predicted octanol–water partition coefficient (Wildman–Crippen LogP) is 4.90. The lowest BCUT2D eigenvalue weighted by molar-refractivity contribution is 0.216. The normalized spacial score (nSPS) is 12.0. The van der Waals surface area contributed by atoms with Crippen molar-refractivity contribution in [2.75, 3.05) is 11.4 Å². The first kappa shape index (κ1) is 14.7. The van der Waals surface area contributed by atoms with E-state index in [0.29, 0.717) is 0 Å². The number of halogens is 1. The first-order chi connectivity index (χ1) is 9.60. The number of benzene rings is 2. The fourth-order valence-corrected chi connectivity index (χ4v) is 2.36. The Morgan fingerprint density at radius 3 is 2.45 bits per heavy atom. The molecule has 0 radical (unpaired) electrons. The Morgan fingerprint density at radius 2 is 1.85 bits per heavy atom. The van der Waals surface area contributed by atoms with E-state index < -0.39 is 0 Å². The van der Waals surface area contributed by atoms with Crippen molar-refractivity contribution in [3.8, 4) is 5.75 Å². The zero-order valence-corrected chi connectivity index (χ0v) is 12.9. The van der Waals surface area contributed by atoms with E-state index in [4.69, 9.17) is 16.3 Å². The third kappa shape index (κ3) is 3.67. The van der Waals surface area contributed by atoms with Gasteiger partial charge in [-0.05, 0) is 62.7 Å². The fourth-order valence-electron chi connectivity index (χ4n) is 2.23. The molecule has 1 unspecified atom stereocenters. The standard InChI is InChI=1S/C17H20ClNO/c1-4-19(16-7-5-6-13(2)12-16)14(3)20-17-10-8-15(18)9-11-17/h5-12,14H,4H2,1-3H3. The highest BCUT2D eigenvalue weighted by Crippen LogP contribution is 2.22. The van der Waals surface area contributed by atoms with Crippen molar-refractivity contribution in [1.82, 2.24) is 0 Å². The second kappa shape index (κ2) is 6.67. The van der Waals surface area contributed by atoms with E-state index >= 15 is 0 Å². The summed E-state index contributed by atoms with van der Waals surface area (Å²) < 4.78 is 5.98. The van der Waals surface area contributed by atoms with E-state index in [1.54, 1.807) is 0 Å². The zero-order chi connectivity index (χ0) is 14.5. The van der Waals surface area contributed by atoms with Gasteiger partial charge < -0.3 is 9.64 Å². The number of hydrogen-bond donors (Lipinski definition) is 0. The summed E-state index contributed by atoms with van der Waals surface area (Å²) in [5.41, 5.74) is 2.42. The van der Waals surface area contributed by atoms with Crippen LogP contribution in [0.5, 0.6) is 5.75 Å². The summed E-state index contributed by atoms with van der Waals surface area (Å²) in [6.45, 7) is 7.17. The first-order valence-electron chi connectivity index (χ1n) is 6.85. The molecule has 0 amide bonds. The van der Waals surface area contributed by atoms with Crippen molar-refractivity contribution in [2.24, 2.45) is 0 Å². The minimum atomic E-state index is -0.0389. The molecule has 0 aliphatic rings. The molecule has 0 aliphatic heterocycles. The van der Waals surface area contributed by atoms with Crippen molar-refractivity contribution >= 4 is 17.3 Å². The van der Waals surface area contributed by atoms with Gasteiger partial charge in [-0.1, -0.05) is 23.7 Å². The number of ether oxygens (including phenoxy) is 1. The average Bonchev–Trinajstić information content (AvgIpc) is 2.42. The van der Waals surface area contributed by atoms with Gasteiger partial charge in [-0.3, -0.25) is 0 Å². The van der Waals surface area contributed by atoms with E-state index in [2.05, 4.69) is 49.9 Å². The summed E-state index contributed by atoms with van der Waals surface area (Å²) in [5.74, 6) is 0.827. The van der Waals surface area contributed by atoms with E-state index in [0.717, 1.165) is 17.3 Å². The Hall–Kier alpha value is -1.67. The summed E-state index contributed by atoms with van der Waals surface area (Å²) in [4.78, 5) is 2.22. The molecule has 0 aromatic heterocycles. The van der Waals surface area contributed by atoms with E-state index in [1.807, 2.05) is 24.3 Å². The molecule has 0 saturated heterocycles. The van der Waals surface area contributed by atoms with E-state index in [-0.39, 0.29) is 6.23 Å². The molecule has 2 aromatic rings. The summed E-state index contributed by atoms with van der Waals surface area (Å²) in [6.07, 6.45) is -0.0389. The Morgan fingerprint density at radius 1 is 1.15 bits per heavy atom. The summed E-state index contributed by atoms with van der Waals surface area (Å²) in [7, 11) is 0. The molecule has 0 aliphatic carbocycles. The molecule has 0 saturated carbocycles. The maximum Gasteiger partial charge on any atom is 0.169 e. The molecule has 1 atom stereocenters. The van der Waals surface area contributed by atoms with Crippen LogP contribution in [-0.4, -0.2) is 12.8 Å². The van der Waals surface area contributed by atoms with E-state index in [1.165, 1.54) is 11.3 Å². The van der Waals surface area contributed by atoms with Crippen LogP contribution in [0.2, 0.25) is 5.02 Å². The minimum Gasteiger partial charge on any atom is -0.471 e. The first-order valence-corrected chi connectivity index (χ1v) is 7.23. The molecule has 0 fully saturated rings. The Bertz CT molecular complexity index is 553. The van der Waals surface area contributed by atoms with Gasteiger partial charge in [-0.15, -0.1) is 0 Å². The van der Waals surface area contributed by atoms with Gasteiger partial charge in [0.15, 0.2) is 6.23 Å². The van der Waals surface area contributed by atoms with Crippen LogP contribution in [0, 0.1) is 6.92 Å². The highest BCUT2D eigenvalue weighted by molar-refractivity contribution is 6.30. The monoisotopic (exact) mass is 289 g/mol. The molecule has 20 heavy (non-hydrogen) atoms. The molecule has 0 heterocycles. The van der Waals surface area contributed by atoms with Gasteiger partial charge in [0, 0.05) is 17.3 Å². The van der Waals surface area contributed by atoms with Crippen molar-refractivity contribution < 1.29 is 4.74 Å². The molecule has 2 rings (SSSR count). The fraction of sp³-hybridized carbons (Fsp3) is 0.294. The molecule has 3 heteroatoms. The van der Waals surface area contributed by atoms with Gasteiger partial charge in [0.05, 0.1) is 0 Å². The maximum absolute atomic E-state index is 5.98. The van der Waals surface area contributed by atoms with Gasteiger partial charge in [0.2, 0.25) is 0 Å². The van der Waals surface area contributed by atoms with Crippen molar-refractivity contribution in [1.29, 1.82) is 0 Å². The molecule has 2 nitrogen and oxygen atoms in total. The highest BCUT2D eigenvalue weighted by atomic mass is 35.5. The van der Waals surface area contributed by atoms with Crippen LogP contribution >= 0.6 is 11.6 Å². The average molecular weight is 290 g/mol. The largest absolute Gasteiger partial charge is 0.471 e. The molecule has 0 spiro atoms. The van der Waals surface area contributed by atoms with Gasteiger partial charge in [-0.2, -0.15) is 0 Å². The molecule has 106 valence electrons. The highest BCUT2D eigenvalue weighted by Gasteiger charge is 2.14. The quantitative estimate of drug-likeness (QED) is 0.726. The number of anilines is 1. The summed E-state index contributed by atoms with van der Waals surface area (Å²) >= 11 is 5.89. The topological polar surface area (TPSA) is 12.5 Å². The Labute approximate surface area is 125 Å². The third-order valence-electron chi connectivity index (χ3n) is 3.23. The van der Waals surface area contributed by atoms with Crippen LogP contribution in [0.25, 0.3) is 0 Å². The second-order valence-electron chi connectivity index (χ2n) is 4.80. The minimum absolute atomic E-state index is 0.0389. The molecule has 2 aromatic carbocycles. The smallest absolute Gasteiger partial charge is 0.169 e. The molecular formula is C17H20ClNO. The van der Waals surface area contributed by atoms with Crippen LogP contribution in [0.1, 0.15) is 19.4 Å². The number of hydrogen-bond acceptors (Lipinski definition) is 2. The lowest BCUT2D eigenvalue weighted by atomic mass is 10.2. The lowest BCUT2D eigenvalue weighted by Gasteiger charge is -2.30. The third-order valence-corrected chi connectivity index (χ3v) is 3.49. The molecule has 0 N–H and O–H groups in total. The molecular weight excluding hydrogens is 270 g/mol. The van der Waals surface area contributed by atoms with Gasteiger partial charge in [-0.25, -0.2) is 0 Å². The van der Waals surface area contributed by atoms with Crippen LogP contribution in [-0.2, 0) is 0 Å². The lowest BCUT2D eigenvalue weighted by Crippen LogP contribution is -2.37. The zero-order valence-electron chi connectivity index (χ0n) is 12.1. The van der Waals surface area contributed by atoms with Gasteiger partial charge >= 0.3 is 0 Å². The van der Waals surface area contributed by atoms with Crippen molar-refractivity contribution in [3.63, 3.8) is 0 Å². The summed E-state index contributed by atoms with van der Waals surface area (Å²) in [6, 6.07) is 15.9. The van der Waals surface area contributed by atoms with Gasteiger partial charge in [0.25, 0.3) is 0 Å². The number of nitrogens with zero attached hydrogens (tertiary/aromatic N) is 1. The Balaban J connectivity index is 2.13. The van der Waals surface area contributed by atoms with Crippen molar-refractivity contribution in [3.05, 3.63) is 59.1 Å². The summed E-state index contributed by atoms with van der Waals surface area (Å²) in [5, 5.41) is 0.719. The molecule has 0 bridgehead atoms. The SMILES string of the molecule is CCN(c1cccc(C)c1)C(C)Oc1ccc(Cl)cc1. The number of rotatable bonds is 5. The Kier molecular flexibility index (Phi) is 4.91. The maximum atomic E-state index is 5.98. The van der Waals surface area contributed by atoms with Crippen LogP contribution in [0.4, 0.5) is 5.69 Å². The predicted molar refractivity (Wildman–Crippen MR) is 85.7 cm³/mol.